The largest absolute Gasteiger partial charge is 0.419 e. The van der Waals surface area contributed by atoms with Gasteiger partial charge < -0.3 is 10.5 Å². The van der Waals surface area contributed by atoms with Crippen LogP contribution in [0, 0.1) is 0 Å². The Balaban J connectivity index is 2.50. The van der Waals surface area contributed by atoms with Crippen molar-refractivity contribution in [3.05, 3.63) is 24.0 Å². The summed E-state index contributed by atoms with van der Waals surface area (Å²) in [7, 11) is 0. The van der Waals surface area contributed by atoms with Crippen molar-refractivity contribution in [1.29, 1.82) is 0 Å². The zero-order valence-electron chi connectivity index (χ0n) is 5.79. The van der Waals surface area contributed by atoms with E-state index in [2.05, 4.69) is 0 Å². The topological polar surface area (TPSA) is 52.3 Å². The molecule has 0 fully saturated rings. The van der Waals surface area contributed by atoms with Gasteiger partial charge in [-0.05, 0) is 18.6 Å². The maximum Gasteiger partial charge on any atom is 0.372 e. The highest BCUT2D eigenvalue weighted by Gasteiger charge is 2.06. The maximum absolute atomic E-state index is 10.5. The molecule has 0 aromatic carbocycles. The van der Waals surface area contributed by atoms with Gasteiger partial charge in [0, 0.05) is 6.04 Å². The van der Waals surface area contributed by atoms with E-state index < -0.39 is 0 Å². The van der Waals surface area contributed by atoms with Crippen molar-refractivity contribution < 1.29 is 9.53 Å². The third kappa shape index (κ3) is 3.02. The van der Waals surface area contributed by atoms with Crippen molar-refractivity contribution in [3.63, 3.8) is 0 Å². The van der Waals surface area contributed by atoms with Crippen molar-refractivity contribution in [2.45, 2.75) is 12.5 Å². The standard InChI is InChI=1S/C7H8INO2/c8-7(10)11-6-3-1-5(9)2-4-6/h1,3-5H,2,9H2. The van der Waals surface area contributed by atoms with E-state index in [-0.39, 0.29) is 10.0 Å². The summed E-state index contributed by atoms with van der Waals surface area (Å²) in [4.78, 5) is 10.5. The minimum Gasteiger partial charge on any atom is -0.419 e. The molecule has 0 spiro atoms. The molecule has 0 aromatic rings. The van der Waals surface area contributed by atoms with Crippen molar-refractivity contribution in [2.24, 2.45) is 5.73 Å². The van der Waals surface area contributed by atoms with Gasteiger partial charge in [0.1, 0.15) is 5.76 Å². The number of carbonyl (C=O) groups is 1. The number of carbonyl (C=O) groups excluding carboxylic acids is 1. The fourth-order valence-electron chi connectivity index (χ4n) is 0.786. The number of ether oxygens (including phenoxy) is 1. The lowest BCUT2D eigenvalue weighted by Gasteiger charge is -2.09. The van der Waals surface area contributed by atoms with Crippen LogP contribution in [0.2, 0.25) is 0 Å². The Bertz CT molecular complexity index is 222. The van der Waals surface area contributed by atoms with Crippen LogP contribution < -0.4 is 5.73 Å². The average Bonchev–Trinajstić information content (AvgIpc) is 1.93. The van der Waals surface area contributed by atoms with Crippen molar-refractivity contribution >= 4 is 26.6 Å². The van der Waals surface area contributed by atoms with Crippen LogP contribution in [0.15, 0.2) is 24.0 Å². The summed E-state index contributed by atoms with van der Waals surface area (Å²) in [5.74, 6) is 0.589. The molecule has 1 atom stereocenters. The Hall–Kier alpha value is -0.360. The molecule has 0 saturated carbocycles. The molecule has 1 unspecified atom stereocenters. The van der Waals surface area contributed by atoms with Crippen LogP contribution in [-0.4, -0.2) is 10.0 Å². The van der Waals surface area contributed by atoms with E-state index in [1.54, 1.807) is 34.7 Å². The van der Waals surface area contributed by atoms with Crippen LogP contribution in [0.1, 0.15) is 6.42 Å². The Morgan fingerprint density at radius 3 is 3.00 bits per heavy atom. The van der Waals surface area contributed by atoms with E-state index in [0.29, 0.717) is 5.76 Å². The quantitative estimate of drug-likeness (QED) is 0.580. The summed E-state index contributed by atoms with van der Waals surface area (Å²) in [6.07, 6.45) is 6.07. The van der Waals surface area contributed by atoms with E-state index in [4.69, 9.17) is 10.5 Å². The van der Waals surface area contributed by atoms with Crippen LogP contribution in [0.25, 0.3) is 0 Å². The lowest BCUT2D eigenvalue weighted by atomic mass is 10.1. The molecule has 0 aliphatic heterocycles. The van der Waals surface area contributed by atoms with E-state index in [1.165, 1.54) is 0 Å². The van der Waals surface area contributed by atoms with Crippen LogP contribution in [0.3, 0.4) is 0 Å². The fraction of sp³-hybridized carbons (Fsp3) is 0.286. The van der Waals surface area contributed by atoms with Crippen molar-refractivity contribution in [3.8, 4) is 0 Å². The number of allylic oxidation sites excluding steroid dienone is 1. The first-order chi connectivity index (χ1) is 5.18. The maximum atomic E-state index is 10.5. The van der Waals surface area contributed by atoms with Gasteiger partial charge >= 0.3 is 3.98 Å². The Labute approximate surface area is 78.4 Å². The highest BCUT2D eigenvalue weighted by atomic mass is 127. The van der Waals surface area contributed by atoms with Gasteiger partial charge in [-0.15, -0.1) is 0 Å². The van der Waals surface area contributed by atoms with E-state index in [0.717, 1.165) is 6.42 Å². The molecule has 0 aromatic heterocycles. The normalized spacial score (nSPS) is 22.7. The van der Waals surface area contributed by atoms with Gasteiger partial charge in [0.25, 0.3) is 0 Å². The summed E-state index contributed by atoms with van der Waals surface area (Å²) >= 11 is 1.58. The first-order valence-electron chi connectivity index (χ1n) is 3.20. The molecular weight excluding hydrogens is 257 g/mol. The summed E-state index contributed by atoms with van der Waals surface area (Å²) in [5, 5.41) is 0. The molecule has 0 saturated heterocycles. The van der Waals surface area contributed by atoms with E-state index >= 15 is 0 Å². The van der Waals surface area contributed by atoms with Gasteiger partial charge in [0.15, 0.2) is 0 Å². The second-order valence-corrected chi connectivity index (χ2v) is 3.09. The third-order valence-electron chi connectivity index (χ3n) is 1.30. The molecule has 0 radical (unpaired) electrons. The van der Waals surface area contributed by atoms with Crippen molar-refractivity contribution in [2.75, 3.05) is 0 Å². The molecule has 1 aliphatic carbocycles. The molecule has 60 valence electrons. The van der Waals surface area contributed by atoms with Gasteiger partial charge in [0.05, 0.1) is 22.6 Å². The summed E-state index contributed by atoms with van der Waals surface area (Å²) < 4.78 is 4.48. The Morgan fingerprint density at radius 1 is 1.82 bits per heavy atom. The highest BCUT2D eigenvalue weighted by molar-refractivity contribution is 14.1. The van der Waals surface area contributed by atoms with Crippen molar-refractivity contribution in [1.82, 2.24) is 0 Å². The predicted octanol–water partition coefficient (Wildman–Crippen LogP) is 1.73. The second-order valence-electron chi connectivity index (χ2n) is 2.20. The SMILES string of the molecule is NC1C=CC(OC(=O)I)=CC1. The zero-order chi connectivity index (χ0) is 8.27. The third-order valence-corrected chi connectivity index (χ3v) is 1.52. The first-order valence-corrected chi connectivity index (χ1v) is 4.27. The van der Waals surface area contributed by atoms with Gasteiger partial charge in [-0.3, -0.25) is 0 Å². The van der Waals surface area contributed by atoms with E-state index in [1.807, 2.05) is 6.08 Å². The Kier molecular flexibility index (Phi) is 3.07. The molecule has 2 N–H and O–H groups in total. The smallest absolute Gasteiger partial charge is 0.372 e. The van der Waals surface area contributed by atoms with Crippen LogP contribution in [-0.2, 0) is 4.74 Å². The lowest BCUT2D eigenvalue weighted by molar-refractivity contribution is 0.210. The summed E-state index contributed by atoms with van der Waals surface area (Å²) in [6.45, 7) is 0. The van der Waals surface area contributed by atoms with Gasteiger partial charge in [-0.1, -0.05) is 6.08 Å². The molecule has 0 bridgehead atoms. The average molecular weight is 265 g/mol. The van der Waals surface area contributed by atoms with Crippen LogP contribution in [0.4, 0.5) is 4.79 Å². The van der Waals surface area contributed by atoms with Gasteiger partial charge in [-0.2, -0.15) is 0 Å². The van der Waals surface area contributed by atoms with E-state index in [9.17, 15) is 4.79 Å². The van der Waals surface area contributed by atoms with Gasteiger partial charge in [0.2, 0.25) is 0 Å². The molecule has 11 heavy (non-hydrogen) atoms. The predicted molar refractivity (Wildman–Crippen MR) is 50.3 cm³/mol. The molecule has 0 heterocycles. The first kappa shape index (κ1) is 8.73. The minimum atomic E-state index is -0.325. The zero-order valence-corrected chi connectivity index (χ0v) is 7.95. The monoisotopic (exact) mass is 265 g/mol. The number of rotatable bonds is 1. The number of hydrogen-bond acceptors (Lipinski definition) is 3. The number of hydrogen-bond donors (Lipinski definition) is 1. The van der Waals surface area contributed by atoms with Crippen LogP contribution >= 0.6 is 22.6 Å². The highest BCUT2D eigenvalue weighted by Crippen LogP contribution is 2.12. The molecule has 3 nitrogen and oxygen atoms in total. The molecule has 1 rings (SSSR count). The van der Waals surface area contributed by atoms with Gasteiger partial charge in [-0.25, -0.2) is 4.79 Å². The fourth-order valence-corrected chi connectivity index (χ4v) is 1.04. The number of halogens is 1. The lowest BCUT2D eigenvalue weighted by Crippen LogP contribution is -2.18. The molecular formula is C7H8INO2. The Morgan fingerprint density at radius 2 is 2.55 bits per heavy atom. The molecule has 0 amide bonds. The summed E-state index contributed by atoms with van der Waals surface area (Å²) in [6, 6.07) is 0.0617. The molecule has 1 aliphatic rings. The molecule has 4 heteroatoms. The van der Waals surface area contributed by atoms with Crippen LogP contribution in [0.5, 0.6) is 0 Å². The minimum absolute atomic E-state index is 0.0617. The summed E-state index contributed by atoms with van der Waals surface area (Å²) in [5.41, 5.74) is 5.55. The second kappa shape index (κ2) is 3.87. The number of nitrogens with two attached hydrogens (primary N) is 1.